The van der Waals surface area contributed by atoms with Gasteiger partial charge in [0.1, 0.15) is 0 Å². The van der Waals surface area contributed by atoms with Crippen molar-refractivity contribution in [3.8, 4) is 0 Å². The van der Waals surface area contributed by atoms with Crippen LogP contribution in [0, 0.1) is 0 Å². The molecular formula is C7H15F2N. The standard InChI is InChI=1S/C7H15F2N/c1-3-6(4-2)10-5-7(8)9/h6-7,10H,3-5H2,1-2H3. The zero-order valence-corrected chi connectivity index (χ0v) is 6.53. The second-order valence-electron chi connectivity index (χ2n) is 2.31. The monoisotopic (exact) mass is 151 g/mol. The Morgan fingerprint density at radius 1 is 1.20 bits per heavy atom. The Morgan fingerprint density at radius 2 is 1.70 bits per heavy atom. The highest BCUT2D eigenvalue weighted by molar-refractivity contribution is 4.62. The molecular weight excluding hydrogens is 136 g/mol. The fourth-order valence-electron chi connectivity index (χ4n) is 0.833. The van der Waals surface area contributed by atoms with E-state index in [1.807, 2.05) is 13.8 Å². The largest absolute Gasteiger partial charge is 0.309 e. The summed E-state index contributed by atoms with van der Waals surface area (Å²) < 4.78 is 23.2. The van der Waals surface area contributed by atoms with E-state index in [2.05, 4.69) is 5.32 Å². The first-order valence-electron chi connectivity index (χ1n) is 3.72. The van der Waals surface area contributed by atoms with E-state index >= 15 is 0 Å². The molecule has 0 saturated heterocycles. The third-order valence-corrected chi connectivity index (χ3v) is 1.55. The summed E-state index contributed by atoms with van der Waals surface area (Å²) in [6, 6.07) is 0.258. The molecule has 0 aliphatic heterocycles. The molecule has 1 N–H and O–H groups in total. The first kappa shape index (κ1) is 9.82. The SMILES string of the molecule is CCC(CC)NCC(F)F. The maximum absolute atomic E-state index is 11.6. The van der Waals surface area contributed by atoms with Crippen molar-refractivity contribution in [2.45, 2.75) is 39.2 Å². The van der Waals surface area contributed by atoms with Crippen LogP contribution in [0.15, 0.2) is 0 Å². The molecule has 0 rings (SSSR count). The summed E-state index contributed by atoms with van der Waals surface area (Å²) in [5, 5.41) is 2.77. The van der Waals surface area contributed by atoms with E-state index in [-0.39, 0.29) is 12.6 Å². The summed E-state index contributed by atoms with van der Waals surface area (Å²) in [7, 11) is 0. The minimum atomic E-state index is -2.22. The fourth-order valence-corrected chi connectivity index (χ4v) is 0.833. The number of alkyl halides is 2. The zero-order chi connectivity index (χ0) is 7.98. The van der Waals surface area contributed by atoms with Gasteiger partial charge < -0.3 is 5.32 Å². The van der Waals surface area contributed by atoms with Crippen LogP contribution in [-0.2, 0) is 0 Å². The van der Waals surface area contributed by atoms with Gasteiger partial charge in [0.15, 0.2) is 0 Å². The van der Waals surface area contributed by atoms with Gasteiger partial charge in [0.05, 0.1) is 6.54 Å². The predicted molar refractivity (Wildman–Crippen MR) is 38.4 cm³/mol. The minimum Gasteiger partial charge on any atom is -0.309 e. The Kier molecular flexibility index (Phi) is 5.49. The molecule has 0 amide bonds. The molecule has 0 fully saturated rings. The fraction of sp³-hybridized carbons (Fsp3) is 1.00. The third-order valence-electron chi connectivity index (χ3n) is 1.55. The van der Waals surface area contributed by atoms with Crippen LogP contribution in [0.1, 0.15) is 26.7 Å². The lowest BCUT2D eigenvalue weighted by molar-refractivity contribution is 0.140. The van der Waals surface area contributed by atoms with E-state index in [1.54, 1.807) is 0 Å². The van der Waals surface area contributed by atoms with Crippen molar-refractivity contribution < 1.29 is 8.78 Å². The van der Waals surface area contributed by atoms with Gasteiger partial charge in [0.25, 0.3) is 6.43 Å². The zero-order valence-electron chi connectivity index (χ0n) is 6.53. The van der Waals surface area contributed by atoms with Crippen LogP contribution in [0.2, 0.25) is 0 Å². The number of rotatable bonds is 5. The van der Waals surface area contributed by atoms with Crippen LogP contribution in [0.5, 0.6) is 0 Å². The Morgan fingerprint density at radius 3 is 2.00 bits per heavy atom. The van der Waals surface area contributed by atoms with Crippen molar-refractivity contribution in [2.75, 3.05) is 6.54 Å². The molecule has 0 bridgehead atoms. The van der Waals surface area contributed by atoms with Gasteiger partial charge in [-0.05, 0) is 12.8 Å². The molecule has 0 aromatic rings. The Bertz CT molecular complexity index is 72.0. The minimum absolute atomic E-state index is 0.174. The van der Waals surface area contributed by atoms with Gasteiger partial charge in [-0.15, -0.1) is 0 Å². The molecule has 0 heterocycles. The Hall–Kier alpha value is -0.180. The molecule has 1 nitrogen and oxygen atoms in total. The summed E-state index contributed by atoms with van der Waals surface area (Å²) in [4.78, 5) is 0. The van der Waals surface area contributed by atoms with Crippen molar-refractivity contribution in [3.05, 3.63) is 0 Å². The highest BCUT2D eigenvalue weighted by Gasteiger charge is 2.05. The molecule has 3 heteroatoms. The van der Waals surface area contributed by atoms with Gasteiger partial charge in [-0.25, -0.2) is 8.78 Å². The summed E-state index contributed by atoms with van der Waals surface area (Å²) in [5.74, 6) is 0. The molecule has 0 spiro atoms. The first-order chi connectivity index (χ1) is 4.70. The van der Waals surface area contributed by atoms with Crippen LogP contribution in [-0.4, -0.2) is 19.0 Å². The third kappa shape index (κ3) is 4.68. The number of nitrogens with one attached hydrogen (secondary N) is 1. The van der Waals surface area contributed by atoms with Crippen LogP contribution < -0.4 is 5.32 Å². The maximum Gasteiger partial charge on any atom is 0.250 e. The quantitative estimate of drug-likeness (QED) is 0.634. The topological polar surface area (TPSA) is 12.0 Å². The number of halogens is 2. The van der Waals surface area contributed by atoms with E-state index < -0.39 is 6.43 Å². The van der Waals surface area contributed by atoms with Crippen LogP contribution in [0.4, 0.5) is 8.78 Å². The second-order valence-corrected chi connectivity index (χ2v) is 2.31. The molecule has 0 aromatic carbocycles. The molecule has 0 saturated carbocycles. The predicted octanol–water partition coefficient (Wildman–Crippen LogP) is 2.03. The molecule has 62 valence electrons. The van der Waals surface area contributed by atoms with E-state index in [1.165, 1.54) is 0 Å². The molecule has 0 radical (unpaired) electrons. The number of hydrogen-bond acceptors (Lipinski definition) is 1. The normalized spacial score (nSPS) is 11.4. The van der Waals surface area contributed by atoms with E-state index in [0.29, 0.717) is 0 Å². The van der Waals surface area contributed by atoms with Gasteiger partial charge in [-0.3, -0.25) is 0 Å². The molecule has 0 unspecified atom stereocenters. The average molecular weight is 151 g/mol. The van der Waals surface area contributed by atoms with Crippen molar-refractivity contribution in [1.29, 1.82) is 0 Å². The number of hydrogen-bond donors (Lipinski definition) is 1. The van der Waals surface area contributed by atoms with Gasteiger partial charge in [-0.1, -0.05) is 13.8 Å². The summed E-state index contributed by atoms with van der Waals surface area (Å²) >= 11 is 0. The van der Waals surface area contributed by atoms with Gasteiger partial charge in [-0.2, -0.15) is 0 Å². The van der Waals surface area contributed by atoms with Crippen molar-refractivity contribution in [1.82, 2.24) is 5.32 Å². The van der Waals surface area contributed by atoms with Crippen molar-refractivity contribution in [3.63, 3.8) is 0 Å². The highest BCUT2D eigenvalue weighted by atomic mass is 19.3. The Balaban J connectivity index is 3.26. The highest BCUT2D eigenvalue weighted by Crippen LogP contribution is 1.97. The Labute approximate surface area is 60.8 Å². The van der Waals surface area contributed by atoms with Crippen LogP contribution >= 0.6 is 0 Å². The van der Waals surface area contributed by atoms with Gasteiger partial charge in [0, 0.05) is 6.04 Å². The van der Waals surface area contributed by atoms with Gasteiger partial charge >= 0.3 is 0 Å². The summed E-state index contributed by atoms with van der Waals surface area (Å²) in [5.41, 5.74) is 0. The van der Waals surface area contributed by atoms with E-state index in [0.717, 1.165) is 12.8 Å². The van der Waals surface area contributed by atoms with Crippen LogP contribution in [0.25, 0.3) is 0 Å². The maximum atomic E-state index is 11.6. The van der Waals surface area contributed by atoms with E-state index in [9.17, 15) is 8.78 Å². The van der Waals surface area contributed by atoms with Crippen LogP contribution in [0.3, 0.4) is 0 Å². The van der Waals surface area contributed by atoms with Gasteiger partial charge in [0.2, 0.25) is 0 Å². The van der Waals surface area contributed by atoms with Crippen molar-refractivity contribution in [2.24, 2.45) is 0 Å². The van der Waals surface area contributed by atoms with Crippen molar-refractivity contribution >= 4 is 0 Å². The molecule has 10 heavy (non-hydrogen) atoms. The smallest absolute Gasteiger partial charge is 0.250 e. The lowest BCUT2D eigenvalue weighted by Gasteiger charge is -2.13. The summed E-state index contributed by atoms with van der Waals surface area (Å²) in [6.07, 6.45) is -0.382. The average Bonchev–Trinajstić information content (AvgIpc) is 1.90. The first-order valence-corrected chi connectivity index (χ1v) is 3.72. The molecule has 0 atom stereocenters. The summed E-state index contributed by atoms with van der Waals surface area (Å²) in [6.45, 7) is 3.81. The molecule has 0 aliphatic carbocycles. The molecule has 0 aliphatic rings. The lowest BCUT2D eigenvalue weighted by atomic mass is 10.2. The lowest BCUT2D eigenvalue weighted by Crippen LogP contribution is -2.31. The second kappa shape index (κ2) is 5.59. The van der Waals surface area contributed by atoms with E-state index in [4.69, 9.17) is 0 Å². The molecule has 0 aromatic heterocycles.